The average Bonchev–Trinajstić information content (AvgIpc) is 3.46. The second-order valence-corrected chi connectivity index (χ2v) is 13.3. The number of halogens is 1. The van der Waals surface area contributed by atoms with Crippen molar-refractivity contribution in [3.8, 4) is 5.75 Å². The molecule has 0 aromatic heterocycles. The number of amides is 1. The summed E-state index contributed by atoms with van der Waals surface area (Å²) in [6, 6.07) is 11.1. The quantitative estimate of drug-likeness (QED) is 0.335. The lowest BCUT2D eigenvalue weighted by Gasteiger charge is -2.43. The molecule has 8 nitrogen and oxygen atoms in total. The molecule has 2 fully saturated rings. The zero-order valence-corrected chi connectivity index (χ0v) is 26.2. The lowest BCUT2D eigenvalue weighted by atomic mass is 9.70. The Morgan fingerprint density at radius 1 is 1.07 bits per heavy atom. The number of carbonyl (C=O) groups excluding carboxylic acids is 2. The first-order valence-corrected chi connectivity index (χ1v) is 16.4. The third-order valence-corrected chi connectivity index (χ3v) is 10.4. The SMILES string of the molecule is COC(=O)[C@@]1(O)CC(=O)N2CCCC2C/C=C/[C@H](O)[C@@H]2CC[C@H]2CN2CCCCc3cc(Cl)ccc3COc3ccc1cc32. The number of aliphatic hydroxyl groups is 2. The van der Waals surface area contributed by atoms with E-state index in [2.05, 4.69) is 4.90 Å². The summed E-state index contributed by atoms with van der Waals surface area (Å²) in [6.45, 7) is 2.36. The van der Waals surface area contributed by atoms with Gasteiger partial charge in [-0.25, -0.2) is 4.79 Å². The van der Waals surface area contributed by atoms with Crippen LogP contribution in [0.2, 0.25) is 5.02 Å². The lowest BCUT2D eigenvalue weighted by molar-refractivity contribution is -0.168. The summed E-state index contributed by atoms with van der Waals surface area (Å²) in [6.07, 6.45) is 9.99. The highest BCUT2D eigenvalue weighted by atomic mass is 35.5. The van der Waals surface area contributed by atoms with Crippen molar-refractivity contribution in [1.82, 2.24) is 4.90 Å². The Balaban J connectivity index is 1.43. The van der Waals surface area contributed by atoms with Gasteiger partial charge < -0.3 is 29.5 Å². The third-order valence-electron chi connectivity index (χ3n) is 10.2. The first-order chi connectivity index (χ1) is 21.3. The van der Waals surface area contributed by atoms with Gasteiger partial charge in [0.05, 0.1) is 25.3 Å². The maximum absolute atomic E-state index is 13.7. The molecular weight excluding hydrogens is 580 g/mol. The molecule has 3 aliphatic heterocycles. The number of ether oxygens (including phenoxy) is 2. The Kier molecular flexibility index (Phi) is 9.22. The van der Waals surface area contributed by atoms with Crippen molar-refractivity contribution in [2.45, 2.75) is 82.1 Å². The van der Waals surface area contributed by atoms with Crippen molar-refractivity contribution in [1.29, 1.82) is 0 Å². The fraction of sp³-hybridized carbons (Fsp3) is 0.543. The number of methoxy groups -OCH3 is 1. The monoisotopic (exact) mass is 622 g/mol. The molecule has 1 unspecified atom stereocenters. The maximum Gasteiger partial charge on any atom is 0.343 e. The van der Waals surface area contributed by atoms with Gasteiger partial charge in [-0.3, -0.25) is 4.79 Å². The standard InChI is InChI=1S/C35H43ClN2O6/c1-43-34(41)35(42)20-33(40)38-17-5-8-28(38)7-4-9-31(39)29-14-11-24(29)21-37-16-3-2-6-23-18-27(36)13-10-25(23)22-44-32-15-12-26(35)19-30(32)37/h4,9-10,12-13,15,18-19,24,28-29,31,39,42H,2-3,5-8,11,14,16-17,20-22H2,1H3/b9-4+/t24-,28?,29+,31-,35+/m0/s1. The van der Waals surface area contributed by atoms with Crippen LogP contribution in [0, 0.1) is 11.8 Å². The van der Waals surface area contributed by atoms with Crippen LogP contribution in [0.25, 0.3) is 0 Å². The fourth-order valence-electron chi connectivity index (χ4n) is 7.46. The van der Waals surface area contributed by atoms with Crippen LogP contribution < -0.4 is 9.64 Å². The highest BCUT2D eigenvalue weighted by molar-refractivity contribution is 6.30. The number of fused-ring (bicyclic) bond motifs is 4. The lowest BCUT2D eigenvalue weighted by Crippen LogP contribution is -2.45. The van der Waals surface area contributed by atoms with Crippen LogP contribution in [-0.2, 0) is 33.0 Å². The Morgan fingerprint density at radius 3 is 2.73 bits per heavy atom. The van der Waals surface area contributed by atoms with Gasteiger partial charge in [-0.2, -0.15) is 0 Å². The van der Waals surface area contributed by atoms with Crippen LogP contribution >= 0.6 is 11.6 Å². The van der Waals surface area contributed by atoms with E-state index in [0.29, 0.717) is 42.5 Å². The molecule has 9 heteroatoms. The molecule has 6 rings (SSSR count). The molecule has 0 radical (unpaired) electrons. The molecule has 1 amide bonds. The van der Waals surface area contributed by atoms with E-state index in [-0.39, 0.29) is 23.8 Å². The van der Waals surface area contributed by atoms with Gasteiger partial charge in [0.15, 0.2) is 5.60 Å². The van der Waals surface area contributed by atoms with E-state index in [0.717, 1.165) is 62.7 Å². The van der Waals surface area contributed by atoms with Gasteiger partial charge in [-0.1, -0.05) is 35.9 Å². The van der Waals surface area contributed by atoms with Gasteiger partial charge in [-0.15, -0.1) is 0 Å². The molecule has 3 heterocycles. The number of benzene rings is 2. The Hall–Kier alpha value is -3.07. The Labute approximate surface area is 264 Å². The molecule has 2 aromatic carbocycles. The smallest absolute Gasteiger partial charge is 0.343 e. The van der Waals surface area contributed by atoms with Crippen LogP contribution in [0.15, 0.2) is 48.6 Å². The molecule has 236 valence electrons. The number of aliphatic hydroxyl groups excluding tert-OH is 1. The number of anilines is 1. The minimum atomic E-state index is -2.16. The van der Waals surface area contributed by atoms with Crippen LogP contribution in [0.5, 0.6) is 5.75 Å². The molecule has 44 heavy (non-hydrogen) atoms. The zero-order chi connectivity index (χ0) is 30.8. The van der Waals surface area contributed by atoms with Crippen molar-refractivity contribution in [3.63, 3.8) is 0 Å². The van der Waals surface area contributed by atoms with Gasteiger partial charge in [0.2, 0.25) is 5.91 Å². The second kappa shape index (κ2) is 13.1. The molecule has 5 atom stereocenters. The number of hydrogen-bond donors (Lipinski definition) is 2. The summed E-state index contributed by atoms with van der Waals surface area (Å²) >= 11 is 6.34. The predicted molar refractivity (Wildman–Crippen MR) is 169 cm³/mol. The number of nitrogens with zero attached hydrogens (tertiary/aromatic N) is 2. The van der Waals surface area contributed by atoms with Gasteiger partial charge in [0.1, 0.15) is 12.4 Å². The molecule has 1 saturated carbocycles. The summed E-state index contributed by atoms with van der Waals surface area (Å²) in [7, 11) is 1.24. The van der Waals surface area contributed by atoms with Gasteiger partial charge in [-0.05, 0) is 104 Å². The molecule has 1 saturated heterocycles. The Morgan fingerprint density at radius 2 is 1.93 bits per heavy atom. The van der Waals surface area contributed by atoms with Crippen molar-refractivity contribution < 1.29 is 29.3 Å². The van der Waals surface area contributed by atoms with E-state index in [1.165, 1.54) is 12.7 Å². The average molecular weight is 623 g/mol. The minimum Gasteiger partial charge on any atom is -0.487 e. The van der Waals surface area contributed by atoms with Crippen LogP contribution in [0.3, 0.4) is 0 Å². The zero-order valence-electron chi connectivity index (χ0n) is 25.4. The minimum absolute atomic E-state index is 0.0352. The largest absolute Gasteiger partial charge is 0.487 e. The van der Waals surface area contributed by atoms with Gasteiger partial charge >= 0.3 is 5.97 Å². The highest BCUT2D eigenvalue weighted by Gasteiger charge is 2.45. The summed E-state index contributed by atoms with van der Waals surface area (Å²) in [5, 5.41) is 23.9. The van der Waals surface area contributed by atoms with E-state index in [1.807, 2.05) is 30.4 Å². The topological polar surface area (TPSA) is 99.5 Å². The first-order valence-electron chi connectivity index (χ1n) is 16.0. The molecular formula is C35H43ClN2O6. The fourth-order valence-corrected chi connectivity index (χ4v) is 7.65. The number of hydrogen-bond acceptors (Lipinski definition) is 7. The van der Waals surface area contributed by atoms with Gasteiger partial charge in [0.25, 0.3) is 0 Å². The summed E-state index contributed by atoms with van der Waals surface area (Å²) in [5.74, 6) is -0.0963. The number of aryl methyl sites for hydroxylation is 1. The molecule has 4 aliphatic rings. The first kappa shape index (κ1) is 30.9. The van der Waals surface area contributed by atoms with Crippen molar-refractivity contribution in [2.24, 2.45) is 11.8 Å². The summed E-state index contributed by atoms with van der Waals surface area (Å²) in [5.41, 5.74) is 1.15. The molecule has 0 spiro atoms. The van der Waals surface area contributed by atoms with Gasteiger partial charge in [0, 0.05) is 30.7 Å². The normalized spacial score (nSPS) is 30.0. The number of esters is 1. The van der Waals surface area contributed by atoms with E-state index < -0.39 is 24.1 Å². The van der Waals surface area contributed by atoms with Crippen LogP contribution in [0.4, 0.5) is 5.69 Å². The second-order valence-electron chi connectivity index (χ2n) is 12.9. The highest BCUT2D eigenvalue weighted by Crippen LogP contribution is 2.42. The van der Waals surface area contributed by atoms with E-state index >= 15 is 0 Å². The van der Waals surface area contributed by atoms with E-state index in [1.54, 1.807) is 23.1 Å². The number of rotatable bonds is 1. The maximum atomic E-state index is 13.7. The molecule has 2 aromatic rings. The summed E-state index contributed by atoms with van der Waals surface area (Å²) in [4.78, 5) is 31.0. The third kappa shape index (κ3) is 6.22. The van der Waals surface area contributed by atoms with Crippen LogP contribution in [0.1, 0.15) is 68.1 Å². The van der Waals surface area contributed by atoms with Crippen molar-refractivity contribution in [3.05, 3.63) is 70.3 Å². The molecule has 2 N–H and O–H groups in total. The van der Waals surface area contributed by atoms with Crippen LogP contribution in [-0.4, -0.2) is 65.9 Å². The summed E-state index contributed by atoms with van der Waals surface area (Å²) < 4.78 is 11.6. The van der Waals surface area contributed by atoms with E-state index in [9.17, 15) is 19.8 Å². The molecule has 2 bridgehead atoms. The molecule has 1 aliphatic carbocycles. The van der Waals surface area contributed by atoms with Crippen molar-refractivity contribution in [2.75, 3.05) is 31.6 Å². The predicted octanol–water partition coefficient (Wildman–Crippen LogP) is 5.15. The van der Waals surface area contributed by atoms with E-state index in [4.69, 9.17) is 21.1 Å². The van der Waals surface area contributed by atoms with Crippen molar-refractivity contribution >= 4 is 29.2 Å². The Bertz CT molecular complexity index is 1410. The number of carbonyl (C=O) groups is 2.